The van der Waals surface area contributed by atoms with Gasteiger partial charge in [0.05, 0.1) is 0 Å². The summed E-state index contributed by atoms with van der Waals surface area (Å²) < 4.78 is 7.26. The van der Waals surface area contributed by atoms with Crippen LogP contribution in [0.1, 0.15) is 25.0 Å². The van der Waals surface area contributed by atoms with E-state index >= 15 is 0 Å². The van der Waals surface area contributed by atoms with Crippen molar-refractivity contribution >= 4 is 62.9 Å². The van der Waals surface area contributed by atoms with Crippen LogP contribution in [0.25, 0.3) is 11.1 Å². The van der Waals surface area contributed by atoms with Gasteiger partial charge in [-0.2, -0.15) is 0 Å². The Kier molecular flexibility index (Phi) is 13.5. The Labute approximate surface area is 354 Å². The first kappa shape index (κ1) is 40.4. The topological polar surface area (TPSA) is 35.2 Å². The predicted molar refractivity (Wildman–Crippen MR) is 245 cm³/mol. The van der Waals surface area contributed by atoms with Crippen molar-refractivity contribution in [3.8, 4) is 22.6 Å². The van der Waals surface area contributed by atoms with Gasteiger partial charge in [0, 0.05) is 21.8 Å². The molecule has 2 nitrogen and oxygen atoms in total. The molecular formula is C51H43ClNOP2Pd+. The Hall–Kier alpha value is -4.83. The fraction of sp³-hybridized carbons (Fsp3) is 0.0588. The van der Waals surface area contributed by atoms with Crippen LogP contribution in [0.3, 0.4) is 0 Å². The van der Waals surface area contributed by atoms with E-state index in [0.29, 0.717) is 0 Å². The third-order valence-electron chi connectivity index (χ3n) is 10.2. The fourth-order valence-electron chi connectivity index (χ4n) is 7.46. The summed E-state index contributed by atoms with van der Waals surface area (Å²) in [5.74, 6) is 2.05. The van der Waals surface area contributed by atoms with Gasteiger partial charge in [-0.05, 0) is 60.6 Å². The average Bonchev–Trinajstić information content (AvgIpc) is 3.27. The molecule has 0 unspecified atom stereocenters. The monoisotopic (exact) mass is 888 g/mol. The van der Waals surface area contributed by atoms with Crippen molar-refractivity contribution in [1.82, 2.24) is 0 Å². The summed E-state index contributed by atoms with van der Waals surface area (Å²) in [5, 5.41) is 7.93. The second-order valence-corrected chi connectivity index (χ2v) is 18.7. The van der Waals surface area contributed by atoms with Gasteiger partial charge in [0.1, 0.15) is 29.6 Å². The normalized spacial score (nSPS) is 12.2. The summed E-state index contributed by atoms with van der Waals surface area (Å²) >= 11 is 2.22. The molecule has 1 aliphatic rings. The molecule has 0 amide bonds. The Bertz CT molecular complexity index is 2290. The molecule has 0 saturated carbocycles. The molecule has 9 rings (SSSR count). The van der Waals surface area contributed by atoms with Crippen LogP contribution >= 0.6 is 25.4 Å². The zero-order valence-corrected chi connectivity index (χ0v) is 36.0. The summed E-state index contributed by atoms with van der Waals surface area (Å²) in [7, 11) is 2.34. The summed E-state index contributed by atoms with van der Waals surface area (Å²) in [6.07, 6.45) is 0. The maximum absolute atomic E-state index is 7.26. The molecule has 1 heterocycles. The molecule has 1 aliphatic heterocycles. The Morgan fingerprint density at radius 1 is 0.544 bits per heavy atom. The molecule has 0 spiro atoms. The number of hydrogen-bond acceptors (Lipinski definition) is 2. The van der Waals surface area contributed by atoms with Gasteiger partial charge in [0.2, 0.25) is 0 Å². The Balaban J connectivity index is 0.000000278. The summed E-state index contributed by atoms with van der Waals surface area (Å²) in [6, 6.07) is 76.1. The molecule has 0 radical (unpaired) electrons. The van der Waals surface area contributed by atoms with E-state index in [1.54, 1.807) is 0 Å². The number of ether oxygens (including phenoxy) is 1. The average molecular weight is 890 g/mol. The van der Waals surface area contributed by atoms with Gasteiger partial charge in [-0.15, -0.1) is 35.9 Å². The summed E-state index contributed by atoms with van der Waals surface area (Å²) in [5.41, 5.74) is 11.0. The second kappa shape index (κ2) is 19.1. The van der Waals surface area contributed by atoms with E-state index in [9.17, 15) is 0 Å². The van der Waals surface area contributed by atoms with Gasteiger partial charge >= 0.3 is 27.7 Å². The number of hydrogen-bond donors (Lipinski definition) is 1. The van der Waals surface area contributed by atoms with Gasteiger partial charge in [-0.25, -0.2) is 0 Å². The van der Waals surface area contributed by atoms with Crippen LogP contribution in [0.2, 0.25) is 0 Å². The molecule has 284 valence electrons. The number of halogens is 1. The van der Waals surface area contributed by atoms with E-state index in [1.807, 2.05) is 48.5 Å². The second-order valence-electron chi connectivity index (χ2n) is 14.0. The predicted octanol–water partition coefficient (Wildman–Crippen LogP) is 10.8. The van der Waals surface area contributed by atoms with Crippen molar-refractivity contribution < 1.29 is 22.9 Å². The first-order valence-corrected chi connectivity index (χ1v) is 23.6. The molecule has 0 fully saturated rings. The van der Waals surface area contributed by atoms with Crippen molar-refractivity contribution in [2.24, 2.45) is 0 Å². The van der Waals surface area contributed by atoms with Crippen molar-refractivity contribution in [3.63, 3.8) is 0 Å². The van der Waals surface area contributed by atoms with Gasteiger partial charge in [-0.3, -0.25) is 0 Å². The fourth-order valence-corrected chi connectivity index (χ4v) is 12.5. The standard InChI is InChI=1S/C39H32OP2.C12H10N.ClH.Pd/c1-39(2)33-25-15-27-35(41(29-17-7-3-8-18-29)30-19-9-4-10-20-30)37(33)40-38-34(39)26-16-28-36(38)42(31-21-11-5-12-22-31)32-23-13-6-14-24-32;13-12-9-5-4-8-11(12)10-6-2-1-3-7-10;;/h3-28H,1-2H3;1-6,8-9H,13H2;1H;/q;-1;;+2. The van der Waals surface area contributed by atoms with Gasteiger partial charge in [-0.1, -0.05) is 165 Å². The van der Waals surface area contributed by atoms with Crippen LogP contribution < -0.4 is 42.3 Å². The first-order chi connectivity index (χ1) is 28.0. The van der Waals surface area contributed by atoms with Gasteiger partial charge in [0.15, 0.2) is 5.75 Å². The van der Waals surface area contributed by atoms with E-state index in [0.717, 1.165) is 28.3 Å². The number of nitrogen functional groups attached to an aromatic ring is 1. The molecule has 8 aromatic rings. The van der Waals surface area contributed by atoms with Crippen molar-refractivity contribution in [1.29, 1.82) is 0 Å². The number of anilines is 1. The van der Waals surface area contributed by atoms with Crippen molar-refractivity contribution in [2.75, 3.05) is 5.73 Å². The number of benzene rings is 8. The van der Waals surface area contributed by atoms with Crippen LogP contribution in [0.4, 0.5) is 5.69 Å². The molecule has 2 N–H and O–H groups in total. The molecular weight excluding hydrogens is 846 g/mol. The van der Waals surface area contributed by atoms with E-state index in [2.05, 4.69) is 205 Å². The SMILES string of the molecule is CC1(C)c2cccc(P(c3ccccc3)c3ccccc3)c2Oc2c([PH+](c3ccccc3)c3ccccc3)cccc21.Nc1ccccc1-c1[c-]cccc1.[Cl][Pd+]. The Morgan fingerprint density at radius 2 is 1.04 bits per heavy atom. The molecule has 8 aromatic carbocycles. The summed E-state index contributed by atoms with van der Waals surface area (Å²) in [4.78, 5) is 0. The molecule has 57 heavy (non-hydrogen) atoms. The zero-order chi connectivity index (χ0) is 39.6. The number of para-hydroxylation sites is 3. The van der Waals surface area contributed by atoms with Crippen molar-refractivity contribution in [2.45, 2.75) is 19.3 Å². The third kappa shape index (κ3) is 8.86. The number of nitrogens with two attached hydrogens (primary N) is 1. The molecule has 0 bridgehead atoms. The van der Waals surface area contributed by atoms with Crippen LogP contribution in [0, 0.1) is 6.07 Å². The minimum atomic E-state index is -1.32. The van der Waals surface area contributed by atoms with Crippen LogP contribution in [-0.2, 0) is 23.6 Å². The molecule has 6 heteroatoms. The molecule has 0 aliphatic carbocycles. The number of rotatable bonds is 7. The van der Waals surface area contributed by atoms with Crippen LogP contribution in [0.5, 0.6) is 11.5 Å². The molecule has 0 aromatic heterocycles. The van der Waals surface area contributed by atoms with Crippen LogP contribution in [0.15, 0.2) is 206 Å². The van der Waals surface area contributed by atoms with E-state index in [1.165, 1.54) is 43.0 Å². The number of fused-ring (bicyclic) bond motifs is 2. The van der Waals surface area contributed by atoms with E-state index < -0.39 is 15.8 Å². The van der Waals surface area contributed by atoms with E-state index in [-0.39, 0.29) is 5.41 Å². The summed E-state index contributed by atoms with van der Waals surface area (Å²) in [6.45, 7) is 4.71. The zero-order valence-electron chi connectivity index (χ0n) is 31.8. The third-order valence-corrected chi connectivity index (χ3v) is 15.4. The van der Waals surface area contributed by atoms with Gasteiger partial charge < -0.3 is 10.5 Å². The minimum absolute atomic E-state index is 0.219. The Morgan fingerprint density at radius 3 is 1.58 bits per heavy atom. The molecule has 0 saturated heterocycles. The maximum atomic E-state index is 7.26. The van der Waals surface area contributed by atoms with E-state index in [4.69, 9.17) is 10.5 Å². The van der Waals surface area contributed by atoms with Gasteiger partial charge in [0.25, 0.3) is 0 Å². The quantitative estimate of drug-likeness (QED) is 0.0749. The first-order valence-electron chi connectivity index (χ1n) is 18.8. The van der Waals surface area contributed by atoms with Crippen molar-refractivity contribution in [3.05, 3.63) is 223 Å². The molecule has 0 atom stereocenters. The van der Waals surface area contributed by atoms with Crippen LogP contribution in [-0.4, -0.2) is 0 Å².